The van der Waals surface area contributed by atoms with E-state index in [-0.39, 0.29) is 0 Å². The van der Waals surface area contributed by atoms with Crippen LogP contribution in [0.15, 0.2) is 46.9 Å². The third kappa shape index (κ3) is 3.72. The van der Waals surface area contributed by atoms with E-state index in [1.165, 1.54) is 23.3 Å². The van der Waals surface area contributed by atoms with Crippen LogP contribution in [0.5, 0.6) is 0 Å². The van der Waals surface area contributed by atoms with Gasteiger partial charge < -0.3 is 15.8 Å². The first-order valence-electron chi connectivity index (χ1n) is 9.12. The van der Waals surface area contributed by atoms with E-state index in [4.69, 9.17) is 10.5 Å². The molecule has 3 nitrogen and oxygen atoms in total. The second kappa shape index (κ2) is 7.39. The van der Waals surface area contributed by atoms with Crippen molar-refractivity contribution in [2.75, 3.05) is 6.61 Å². The zero-order valence-electron chi connectivity index (χ0n) is 14.5. The maximum Gasteiger partial charge on any atom is 0.0920 e. The molecular weight excluding hydrogens is 284 g/mol. The lowest BCUT2D eigenvalue weighted by Crippen LogP contribution is -2.44. The van der Waals surface area contributed by atoms with E-state index in [2.05, 4.69) is 43.5 Å². The van der Waals surface area contributed by atoms with E-state index >= 15 is 0 Å². The summed E-state index contributed by atoms with van der Waals surface area (Å²) in [5.41, 5.74) is 10.1. The molecule has 3 unspecified atom stereocenters. The van der Waals surface area contributed by atoms with E-state index in [1.54, 1.807) is 0 Å². The highest BCUT2D eigenvalue weighted by Crippen LogP contribution is 2.32. The van der Waals surface area contributed by atoms with Gasteiger partial charge in [-0.1, -0.05) is 18.2 Å². The molecule has 3 atom stereocenters. The predicted molar refractivity (Wildman–Crippen MR) is 95.7 cm³/mol. The van der Waals surface area contributed by atoms with E-state index in [1.807, 2.05) is 0 Å². The van der Waals surface area contributed by atoms with Gasteiger partial charge in [0.15, 0.2) is 0 Å². The van der Waals surface area contributed by atoms with Crippen molar-refractivity contribution in [2.45, 2.75) is 64.5 Å². The fraction of sp³-hybridized carbons (Fsp3) is 0.600. The van der Waals surface area contributed by atoms with Gasteiger partial charge in [0.2, 0.25) is 0 Å². The smallest absolute Gasteiger partial charge is 0.0920 e. The molecule has 0 spiro atoms. The maximum atomic E-state index is 6.29. The minimum atomic E-state index is 0.374. The van der Waals surface area contributed by atoms with Gasteiger partial charge in [-0.15, -0.1) is 0 Å². The van der Waals surface area contributed by atoms with Crippen molar-refractivity contribution in [3.8, 4) is 0 Å². The topological polar surface area (TPSA) is 47.3 Å². The van der Waals surface area contributed by atoms with Crippen LogP contribution in [0.3, 0.4) is 0 Å². The van der Waals surface area contributed by atoms with E-state index in [0.29, 0.717) is 18.0 Å². The Morgan fingerprint density at radius 3 is 2.91 bits per heavy atom. The molecule has 23 heavy (non-hydrogen) atoms. The summed E-state index contributed by atoms with van der Waals surface area (Å²) in [6.07, 6.45) is 15.7. The summed E-state index contributed by atoms with van der Waals surface area (Å²) < 4.78 is 5.65. The van der Waals surface area contributed by atoms with Crippen molar-refractivity contribution >= 4 is 0 Å². The Hall–Kier alpha value is -1.48. The highest BCUT2D eigenvalue weighted by molar-refractivity contribution is 5.47. The van der Waals surface area contributed by atoms with Crippen molar-refractivity contribution in [1.82, 2.24) is 5.32 Å². The lowest BCUT2D eigenvalue weighted by Gasteiger charge is -2.35. The number of hydrogen-bond donors (Lipinski definition) is 2. The van der Waals surface area contributed by atoms with Crippen molar-refractivity contribution in [2.24, 2.45) is 11.7 Å². The molecule has 3 rings (SSSR count). The quantitative estimate of drug-likeness (QED) is 0.808. The Bertz CT molecular complexity index is 556. The summed E-state index contributed by atoms with van der Waals surface area (Å²) in [6, 6.07) is 0.869. The van der Waals surface area contributed by atoms with Crippen molar-refractivity contribution < 1.29 is 4.74 Å². The molecule has 0 radical (unpaired) electrons. The lowest BCUT2D eigenvalue weighted by atomic mass is 9.82. The van der Waals surface area contributed by atoms with Crippen LogP contribution in [0.4, 0.5) is 0 Å². The molecule has 126 valence electrons. The fourth-order valence-electron chi connectivity index (χ4n) is 4.08. The largest absolute Gasteiger partial charge is 0.499 e. The number of nitrogens with one attached hydrogen (secondary N) is 1. The summed E-state index contributed by atoms with van der Waals surface area (Å²) in [7, 11) is 0. The van der Waals surface area contributed by atoms with Gasteiger partial charge in [0.1, 0.15) is 0 Å². The van der Waals surface area contributed by atoms with Crippen LogP contribution in [0.1, 0.15) is 52.4 Å². The molecule has 0 saturated heterocycles. The standard InChI is InChI=1S/C20H30N2O/c1-3-23-17-12-10-15(11-13-17)14(2)22-19-9-5-7-16-6-4-8-18(21)20(16)19/h5,7-8,12,14-15,19,22H,3-4,6,9-11,13,21H2,1-2H3. The molecule has 3 aliphatic carbocycles. The van der Waals surface area contributed by atoms with Crippen LogP contribution in [-0.2, 0) is 4.74 Å². The summed E-state index contributed by atoms with van der Waals surface area (Å²) in [6.45, 7) is 5.16. The first kappa shape index (κ1) is 16.4. The number of ether oxygens (including phenoxy) is 1. The van der Waals surface area contributed by atoms with E-state index in [0.717, 1.165) is 44.4 Å². The highest BCUT2D eigenvalue weighted by Gasteiger charge is 2.28. The van der Waals surface area contributed by atoms with Gasteiger partial charge in [0.25, 0.3) is 0 Å². The Morgan fingerprint density at radius 2 is 2.17 bits per heavy atom. The van der Waals surface area contributed by atoms with Gasteiger partial charge in [0.05, 0.1) is 12.4 Å². The van der Waals surface area contributed by atoms with Crippen molar-refractivity contribution in [1.29, 1.82) is 0 Å². The molecule has 0 aromatic carbocycles. The van der Waals surface area contributed by atoms with Gasteiger partial charge in [0, 0.05) is 24.2 Å². The fourth-order valence-corrected chi connectivity index (χ4v) is 4.08. The number of nitrogens with two attached hydrogens (primary N) is 1. The SMILES string of the molecule is CCOC1=CCC(C(C)NC2CC=CC3=C2C(N)=CCC3)CC1. The van der Waals surface area contributed by atoms with Crippen LogP contribution in [-0.4, -0.2) is 18.7 Å². The normalized spacial score (nSPS) is 28.8. The second-order valence-corrected chi connectivity index (χ2v) is 6.92. The molecule has 0 saturated carbocycles. The zero-order valence-corrected chi connectivity index (χ0v) is 14.5. The summed E-state index contributed by atoms with van der Waals surface area (Å²) in [5.74, 6) is 1.86. The van der Waals surface area contributed by atoms with Crippen LogP contribution in [0.25, 0.3) is 0 Å². The Labute approximate surface area is 140 Å². The van der Waals surface area contributed by atoms with Gasteiger partial charge in [-0.3, -0.25) is 0 Å². The van der Waals surface area contributed by atoms with E-state index < -0.39 is 0 Å². The minimum absolute atomic E-state index is 0.374. The third-order valence-electron chi connectivity index (χ3n) is 5.38. The Kier molecular flexibility index (Phi) is 5.27. The molecule has 0 heterocycles. The van der Waals surface area contributed by atoms with Gasteiger partial charge in [-0.05, 0) is 69.1 Å². The average Bonchev–Trinajstić information content (AvgIpc) is 2.56. The Morgan fingerprint density at radius 1 is 1.30 bits per heavy atom. The number of allylic oxidation sites excluding steroid dienone is 5. The molecule has 3 aliphatic rings. The molecule has 0 fully saturated rings. The summed E-state index contributed by atoms with van der Waals surface area (Å²) in [4.78, 5) is 0. The third-order valence-corrected chi connectivity index (χ3v) is 5.38. The van der Waals surface area contributed by atoms with Crippen molar-refractivity contribution in [3.63, 3.8) is 0 Å². The monoisotopic (exact) mass is 314 g/mol. The first-order chi connectivity index (χ1) is 11.2. The molecule has 3 N–H and O–H groups in total. The van der Waals surface area contributed by atoms with E-state index in [9.17, 15) is 0 Å². The molecule has 0 aromatic rings. The molecular formula is C20H30N2O. The van der Waals surface area contributed by atoms with Crippen LogP contribution < -0.4 is 11.1 Å². The molecule has 0 bridgehead atoms. The van der Waals surface area contributed by atoms with Crippen molar-refractivity contribution in [3.05, 3.63) is 46.9 Å². The number of hydrogen-bond acceptors (Lipinski definition) is 3. The zero-order chi connectivity index (χ0) is 16.2. The highest BCUT2D eigenvalue weighted by atomic mass is 16.5. The molecule has 3 heteroatoms. The summed E-state index contributed by atoms with van der Waals surface area (Å²) in [5, 5.41) is 3.86. The van der Waals surface area contributed by atoms with Crippen LogP contribution >= 0.6 is 0 Å². The Balaban J connectivity index is 1.62. The van der Waals surface area contributed by atoms with Crippen LogP contribution in [0, 0.1) is 5.92 Å². The predicted octanol–water partition coefficient (Wildman–Crippen LogP) is 3.95. The average molecular weight is 314 g/mol. The lowest BCUT2D eigenvalue weighted by molar-refractivity contribution is 0.195. The number of rotatable bonds is 5. The molecule has 0 aromatic heterocycles. The molecule has 0 amide bonds. The van der Waals surface area contributed by atoms with Crippen LogP contribution in [0.2, 0.25) is 0 Å². The minimum Gasteiger partial charge on any atom is -0.499 e. The summed E-state index contributed by atoms with van der Waals surface area (Å²) >= 11 is 0. The first-order valence-corrected chi connectivity index (χ1v) is 9.12. The van der Waals surface area contributed by atoms with Gasteiger partial charge in [-0.25, -0.2) is 0 Å². The van der Waals surface area contributed by atoms with Gasteiger partial charge in [-0.2, -0.15) is 0 Å². The van der Waals surface area contributed by atoms with Gasteiger partial charge >= 0.3 is 0 Å². The molecule has 0 aliphatic heterocycles. The second-order valence-electron chi connectivity index (χ2n) is 6.92. The maximum absolute atomic E-state index is 6.29.